The van der Waals surface area contributed by atoms with Crippen molar-refractivity contribution in [1.29, 1.82) is 0 Å². The molecule has 1 aliphatic carbocycles. The van der Waals surface area contributed by atoms with E-state index in [1.807, 2.05) is 27.7 Å². The van der Waals surface area contributed by atoms with Gasteiger partial charge in [0.05, 0.1) is 11.8 Å². The maximum atomic E-state index is 12.1. The van der Waals surface area contributed by atoms with Crippen molar-refractivity contribution in [2.24, 2.45) is 23.0 Å². The van der Waals surface area contributed by atoms with E-state index in [1.165, 1.54) is 4.90 Å². The average molecular weight is 238 g/mol. The lowest BCUT2D eigenvalue weighted by molar-refractivity contribution is -0.144. The average Bonchev–Trinajstić information content (AvgIpc) is 2.76. The number of rotatable bonds is 4. The Morgan fingerprint density at radius 2 is 1.59 bits per heavy atom. The van der Waals surface area contributed by atoms with Crippen molar-refractivity contribution >= 4 is 11.8 Å². The van der Waals surface area contributed by atoms with E-state index in [1.54, 1.807) is 0 Å². The van der Waals surface area contributed by atoms with E-state index in [4.69, 9.17) is 5.73 Å². The first-order chi connectivity index (χ1) is 7.78. The van der Waals surface area contributed by atoms with Gasteiger partial charge in [-0.2, -0.15) is 0 Å². The summed E-state index contributed by atoms with van der Waals surface area (Å²) in [5.41, 5.74) is 5.63. The van der Waals surface area contributed by atoms with Crippen molar-refractivity contribution in [2.75, 3.05) is 6.54 Å². The van der Waals surface area contributed by atoms with E-state index in [2.05, 4.69) is 0 Å². The number of carbonyl (C=O) groups excluding carboxylic acids is 2. The van der Waals surface area contributed by atoms with Crippen molar-refractivity contribution in [3.63, 3.8) is 0 Å². The maximum absolute atomic E-state index is 12.1. The first-order valence-electron chi connectivity index (χ1n) is 6.42. The fourth-order valence-corrected chi connectivity index (χ4v) is 2.95. The lowest BCUT2D eigenvalue weighted by Crippen LogP contribution is -2.52. The number of imide groups is 1. The Hall–Kier alpha value is -0.900. The SMILES string of the molecule is CCC(N)(CC)CN1C(=O)C2C(C1=O)C2(C)C. The Labute approximate surface area is 103 Å². The molecule has 2 rings (SSSR count). The van der Waals surface area contributed by atoms with Gasteiger partial charge in [0.2, 0.25) is 11.8 Å². The molecule has 2 amide bonds. The number of nitrogens with two attached hydrogens (primary N) is 1. The van der Waals surface area contributed by atoms with Crippen LogP contribution in [0.3, 0.4) is 0 Å². The Morgan fingerprint density at radius 1 is 1.18 bits per heavy atom. The van der Waals surface area contributed by atoms with Crippen LogP contribution in [-0.4, -0.2) is 28.8 Å². The monoisotopic (exact) mass is 238 g/mol. The second-order valence-electron chi connectivity index (χ2n) is 6.11. The first-order valence-corrected chi connectivity index (χ1v) is 6.42. The molecule has 2 N–H and O–H groups in total. The van der Waals surface area contributed by atoms with Crippen LogP contribution in [0.1, 0.15) is 40.5 Å². The number of hydrogen-bond donors (Lipinski definition) is 1. The Balaban J connectivity index is 2.12. The topological polar surface area (TPSA) is 63.4 Å². The minimum absolute atomic E-state index is 0.0123. The molecule has 0 radical (unpaired) electrons. The van der Waals surface area contributed by atoms with Gasteiger partial charge in [-0.25, -0.2) is 0 Å². The molecule has 0 spiro atoms. The van der Waals surface area contributed by atoms with Crippen molar-refractivity contribution in [2.45, 2.75) is 46.1 Å². The van der Waals surface area contributed by atoms with Gasteiger partial charge in [-0.1, -0.05) is 27.7 Å². The van der Waals surface area contributed by atoms with Gasteiger partial charge in [-0.05, 0) is 18.3 Å². The normalized spacial score (nSPS) is 30.8. The van der Waals surface area contributed by atoms with E-state index in [9.17, 15) is 9.59 Å². The number of amides is 2. The van der Waals surface area contributed by atoms with Crippen LogP contribution in [0.15, 0.2) is 0 Å². The molecule has 4 heteroatoms. The number of piperidine rings is 1. The molecule has 2 unspecified atom stereocenters. The smallest absolute Gasteiger partial charge is 0.233 e. The van der Waals surface area contributed by atoms with Gasteiger partial charge < -0.3 is 5.73 Å². The van der Waals surface area contributed by atoms with Gasteiger partial charge in [-0.3, -0.25) is 14.5 Å². The fraction of sp³-hybridized carbons (Fsp3) is 0.846. The molecule has 1 saturated carbocycles. The van der Waals surface area contributed by atoms with Crippen LogP contribution in [0, 0.1) is 17.3 Å². The molecule has 0 bridgehead atoms. The number of fused-ring (bicyclic) bond motifs is 1. The van der Waals surface area contributed by atoms with Gasteiger partial charge in [0, 0.05) is 12.1 Å². The quantitative estimate of drug-likeness (QED) is 0.747. The molecule has 0 aromatic heterocycles. The molecule has 0 aromatic carbocycles. The highest BCUT2D eigenvalue weighted by Gasteiger charge is 2.72. The van der Waals surface area contributed by atoms with Gasteiger partial charge in [0.15, 0.2) is 0 Å². The van der Waals surface area contributed by atoms with Crippen LogP contribution in [0.4, 0.5) is 0 Å². The van der Waals surface area contributed by atoms with E-state index in [0.29, 0.717) is 6.54 Å². The van der Waals surface area contributed by atoms with Crippen molar-refractivity contribution in [3.8, 4) is 0 Å². The molecule has 2 fully saturated rings. The number of hydrogen-bond acceptors (Lipinski definition) is 3. The van der Waals surface area contributed by atoms with Crippen LogP contribution < -0.4 is 5.73 Å². The van der Waals surface area contributed by atoms with Gasteiger partial charge in [0.1, 0.15) is 0 Å². The number of nitrogens with zero attached hydrogens (tertiary/aromatic N) is 1. The predicted molar refractivity (Wildman–Crippen MR) is 65.0 cm³/mol. The Kier molecular flexibility index (Phi) is 2.62. The van der Waals surface area contributed by atoms with Crippen LogP contribution >= 0.6 is 0 Å². The van der Waals surface area contributed by atoms with Crippen LogP contribution in [0.25, 0.3) is 0 Å². The molecular weight excluding hydrogens is 216 g/mol. The third-order valence-electron chi connectivity index (χ3n) is 4.77. The van der Waals surface area contributed by atoms with E-state index < -0.39 is 5.54 Å². The molecule has 2 atom stereocenters. The first kappa shape index (κ1) is 12.6. The van der Waals surface area contributed by atoms with Crippen molar-refractivity contribution < 1.29 is 9.59 Å². The van der Waals surface area contributed by atoms with Gasteiger partial charge in [0.25, 0.3) is 0 Å². The third-order valence-corrected chi connectivity index (χ3v) is 4.77. The number of likely N-dealkylation sites (tertiary alicyclic amines) is 1. The lowest BCUT2D eigenvalue weighted by Gasteiger charge is -2.32. The molecule has 4 nitrogen and oxygen atoms in total. The minimum atomic E-state index is -0.424. The largest absolute Gasteiger partial charge is 0.324 e. The summed E-state index contributed by atoms with van der Waals surface area (Å²) in [6, 6.07) is 0. The number of carbonyl (C=O) groups is 2. The van der Waals surface area contributed by atoms with Crippen molar-refractivity contribution in [3.05, 3.63) is 0 Å². The highest BCUT2D eigenvalue weighted by atomic mass is 16.2. The summed E-state index contributed by atoms with van der Waals surface area (Å²) >= 11 is 0. The zero-order chi connectivity index (χ0) is 13.0. The van der Waals surface area contributed by atoms with Crippen LogP contribution in [-0.2, 0) is 9.59 Å². The molecular formula is C13H22N2O2. The Morgan fingerprint density at radius 3 is 1.94 bits per heavy atom. The molecule has 2 aliphatic rings. The fourth-order valence-electron chi connectivity index (χ4n) is 2.95. The Bertz CT molecular complexity index is 348. The van der Waals surface area contributed by atoms with Crippen LogP contribution in [0.2, 0.25) is 0 Å². The maximum Gasteiger partial charge on any atom is 0.233 e. The molecule has 1 aliphatic heterocycles. The highest BCUT2D eigenvalue weighted by Crippen LogP contribution is 2.63. The summed E-state index contributed by atoms with van der Waals surface area (Å²) in [4.78, 5) is 25.7. The van der Waals surface area contributed by atoms with Gasteiger partial charge >= 0.3 is 0 Å². The van der Waals surface area contributed by atoms with Crippen molar-refractivity contribution in [1.82, 2.24) is 4.90 Å². The summed E-state index contributed by atoms with van der Waals surface area (Å²) in [5, 5.41) is 0. The molecule has 0 aromatic rings. The van der Waals surface area contributed by atoms with E-state index in [0.717, 1.165) is 12.8 Å². The minimum Gasteiger partial charge on any atom is -0.324 e. The molecule has 1 saturated heterocycles. The van der Waals surface area contributed by atoms with Gasteiger partial charge in [-0.15, -0.1) is 0 Å². The summed E-state index contributed by atoms with van der Waals surface area (Å²) < 4.78 is 0. The highest BCUT2D eigenvalue weighted by molar-refractivity contribution is 6.10. The third kappa shape index (κ3) is 1.61. The standard InChI is InChI=1S/C13H22N2O2/c1-5-13(14,6-2)7-15-10(16)8-9(11(15)17)12(8,3)4/h8-9H,5-7,14H2,1-4H3. The zero-order valence-corrected chi connectivity index (χ0v) is 11.1. The van der Waals surface area contributed by atoms with Crippen LogP contribution in [0.5, 0.6) is 0 Å². The molecule has 17 heavy (non-hydrogen) atoms. The predicted octanol–water partition coefficient (Wildman–Crippen LogP) is 1.14. The summed E-state index contributed by atoms with van der Waals surface area (Å²) in [7, 11) is 0. The lowest BCUT2D eigenvalue weighted by atomic mass is 9.93. The molecule has 96 valence electrons. The summed E-state index contributed by atoms with van der Waals surface area (Å²) in [6.07, 6.45) is 1.55. The summed E-state index contributed by atoms with van der Waals surface area (Å²) in [5.74, 6) is -0.204. The van der Waals surface area contributed by atoms with E-state index >= 15 is 0 Å². The molecule has 1 heterocycles. The van der Waals surface area contributed by atoms with E-state index in [-0.39, 0.29) is 29.1 Å². The summed E-state index contributed by atoms with van der Waals surface area (Å²) in [6.45, 7) is 8.36. The second kappa shape index (κ2) is 3.55. The zero-order valence-electron chi connectivity index (χ0n) is 11.1. The second-order valence-corrected chi connectivity index (χ2v) is 6.11.